The number of hydrogen-bond acceptors (Lipinski definition) is 2. The van der Waals surface area contributed by atoms with Crippen LogP contribution in [0.1, 0.15) is 35.7 Å². The fourth-order valence-corrected chi connectivity index (χ4v) is 2.59. The van der Waals surface area contributed by atoms with Crippen molar-refractivity contribution in [1.29, 1.82) is 0 Å². The molecule has 1 fully saturated rings. The van der Waals surface area contributed by atoms with Crippen molar-refractivity contribution in [1.82, 2.24) is 5.32 Å². The van der Waals surface area contributed by atoms with E-state index < -0.39 is 0 Å². The number of aryl methyl sites for hydroxylation is 1. The number of ether oxygens (including phenoxy) is 1. The van der Waals surface area contributed by atoms with Gasteiger partial charge in [0, 0.05) is 24.7 Å². The maximum atomic E-state index is 12.3. The van der Waals surface area contributed by atoms with Crippen LogP contribution in [0.3, 0.4) is 0 Å². The predicted octanol–water partition coefficient (Wildman–Crippen LogP) is 2.77. The highest BCUT2D eigenvalue weighted by Gasteiger charge is 2.33. The van der Waals surface area contributed by atoms with Gasteiger partial charge in [0.2, 0.25) is 0 Å². The molecule has 3 nitrogen and oxygen atoms in total. The van der Waals surface area contributed by atoms with E-state index in [0.29, 0.717) is 24.7 Å². The van der Waals surface area contributed by atoms with Crippen molar-refractivity contribution in [3.05, 3.63) is 35.4 Å². The molecule has 0 aromatic heterocycles. The van der Waals surface area contributed by atoms with Crippen molar-refractivity contribution in [3.63, 3.8) is 0 Å². The molecule has 1 aromatic rings. The van der Waals surface area contributed by atoms with E-state index in [9.17, 15) is 4.79 Å². The molecule has 1 N–H and O–H groups in total. The number of alkyl halides is 1. The second-order valence-corrected chi connectivity index (χ2v) is 5.30. The van der Waals surface area contributed by atoms with Crippen molar-refractivity contribution in [2.75, 3.05) is 19.1 Å². The number of amides is 1. The summed E-state index contributed by atoms with van der Waals surface area (Å²) in [7, 11) is 0. The van der Waals surface area contributed by atoms with E-state index in [1.54, 1.807) is 0 Å². The Morgan fingerprint density at radius 2 is 1.95 bits per heavy atom. The number of halogens is 1. The van der Waals surface area contributed by atoms with E-state index in [4.69, 9.17) is 16.3 Å². The van der Waals surface area contributed by atoms with Crippen molar-refractivity contribution in [2.45, 2.75) is 31.7 Å². The summed E-state index contributed by atoms with van der Waals surface area (Å²) in [4.78, 5) is 12.3. The summed E-state index contributed by atoms with van der Waals surface area (Å²) in [6, 6.07) is 7.73. The Kier molecular flexibility index (Phi) is 4.83. The largest absolute Gasteiger partial charge is 0.381 e. The summed E-state index contributed by atoms with van der Waals surface area (Å²) in [6.07, 6.45) is 2.52. The number of benzene rings is 1. The maximum absolute atomic E-state index is 12.3. The quantitative estimate of drug-likeness (QED) is 0.862. The molecule has 2 rings (SSSR count). The molecule has 1 aliphatic rings. The fraction of sp³-hybridized carbons (Fsp3) is 0.533. The van der Waals surface area contributed by atoms with E-state index in [1.807, 2.05) is 24.3 Å². The van der Waals surface area contributed by atoms with Gasteiger partial charge >= 0.3 is 0 Å². The molecule has 0 bridgehead atoms. The third kappa shape index (κ3) is 3.48. The lowest BCUT2D eigenvalue weighted by Gasteiger charge is -2.36. The zero-order valence-electron chi connectivity index (χ0n) is 11.2. The van der Waals surface area contributed by atoms with Crippen LogP contribution in [0.2, 0.25) is 0 Å². The Morgan fingerprint density at radius 1 is 1.32 bits per heavy atom. The van der Waals surface area contributed by atoms with Crippen LogP contribution < -0.4 is 5.32 Å². The van der Waals surface area contributed by atoms with Gasteiger partial charge < -0.3 is 10.1 Å². The second-order valence-electron chi connectivity index (χ2n) is 5.03. The molecule has 1 saturated heterocycles. The molecule has 0 atom stereocenters. The third-order valence-corrected chi connectivity index (χ3v) is 4.22. The molecule has 0 radical (unpaired) electrons. The van der Waals surface area contributed by atoms with E-state index in [-0.39, 0.29) is 11.4 Å². The highest BCUT2D eigenvalue weighted by atomic mass is 35.5. The number of hydrogen-bond donors (Lipinski definition) is 1. The van der Waals surface area contributed by atoms with Crippen molar-refractivity contribution >= 4 is 17.5 Å². The molecule has 104 valence electrons. The zero-order chi connectivity index (χ0) is 13.7. The number of carbonyl (C=O) groups excluding carboxylic acids is 1. The zero-order valence-corrected chi connectivity index (χ0v) is 12.0. The topological polar surface area (TPSA) is 38.3 Å². The average Bonchev–Trinajstić information content (AvgIpc) is 2.48. The molecule has 4 heteroatoms. The third-order valence-electron chi connectivity index (χ3n) is 3.71. The monoisotopic (exact) mass is 281 g/mol. The van der Waals surface area contributed by atoms with Gasteiger partial charge in [0.05, 0.1) is 5.54 Å². The predicted molar refractivity (Wildman–Crippen MR) is 76.8 cm³/mol. The first-order valence-corrected chi connectivity index (χ1v) is 7.28. The van der Waals surface area contributed by atoms with Crippen LogP contribution in [-0.4, -0.2) is 30.5 Å². The molecule has 0 unspecified atom stereocenters. The van der Waals surface area contributed by atoms with Gasteiger partial charge in [-0.05, 0) is 37.0 Å². The summed E-state index contributed by atoms with van der Waals surface area (Å²) in [5.74, 6) is 0.375. The molecule has 0 saturated carbocycles. The van der Waals surface area contributed by atoms with E-state index in [0.717, 1.165) is 19.3 Å². The standard InChI is InChI=1S/C15H20ClNO2/c1-2-12-3-5-13(6-4-12)14(18)17-15(11-16)7-9-19-10-8-15/h3-6H,2,7-11H2,1H3,(H,17,18). The lowest BCUT2D eigenvalue weighted by molar-refractivity contribution is 0.0434. The SMILES string of the molecule is CCc1ccc(C(=O)NC2(CCl)CCOCC2)cc1. The van der Waals surface area contributed by atoms with Crippen LogP contribution in [-0.2, 0) is 11.2 Å². The van der Waals surface area contributed by atoms with Gasteiger partial charge in [0.1, 0.15) is 0 Å². The van der Waals surface area contributed by atoms with Crippen molar-refractivity contribution in [3.8, 4) is 0 Å². The van der Waals surface area contributed by atoms with Crippen LogP contribution in [0.15, 0.2) is 24.3 Å². The van der Waals surface area contributed by atoms with Crippen molar-refractivity contribution < 1.29 is 9.53 Å². The smallest absolute Gasteiger partial charge is 0.251 e. The Hall–Kier alpha value is -1.06. The average molecular weight is 282 g/mol. The van der Waals surface area contributed by atoms with Gasteiger partial charge in [-0.15, -0.1) is 11.6 Å². The Labute approximate surface area is 119 Å². The van der Waals surface area contributed by atoms with Gasteiger partial charge in [-0.3, -0.25) is 4.79 Å². The maximum Gasteiger partial charge on any atom is 0.251 e. The fourth-order valence-electron chi connectivity index (χ4n) is 2.26. The lowest BCUT2D eigenvalue weighted by Crippen LogP contribution is -2.53. The summed E-state index contributed by atoms with van der Waals surface area (Å²) in [5, 5.41) is 3.08. The molecule has 1 aliphatic heterocycles. The van der Waals surface area contributed by atoms with Gasteiger partial charge in [0.15, 0.2) is 0 Å². The van der Waals surface area contributed by atoms with Gasteiger partial charge in [0.25, 0.3) is 5.91 Å². The number of rotatable bonds is 4. The molecule has 0 aliphatic carbocycles. The summed E-state index contributed by atoms with van der Waals surface area (Å²) in [6.45, 7) is 3.41. The van der Waals surface area contributed by atoms with Gasteiger partial charge in [-0.1, -0.05) is 19.1 Å². The number of nitrogens with one attached hydrogen (secondary N) is 1. The van der Waals surface area contributed by atoms with Crippen LogP contribution in [0, 0.1) is 0 Å². The minimum atomic E-state index is -0.319. The molecule has 0 spiro atoms. The van der Waals surface area contributed by atoms with Crippen LogP contribution in [0.5, 0.6) is 0 Å². The summed E-state index contributed by atoms with van der Waals surface area (Å²) >= 11 is 6.05. The molecule has 1 amide bonds. The summed E-state index contributed by atoms with van der Waals surface area (Å²) in [5.41, 5.74) is 1.60. The second kappa shape index (κ2) is 6.40. The molecular formula is C15H20ClNO2. The highest BCUT2D eigenvalue weighted by molar-refractivity contribution is 6.19. The molecule has 1 aromatic carbocycles. The Balaban J connectivity index is 2.06. The first-order chi connectivity index (χ1) is 9.19. The highest BCUT2D eigenvalue weighted by Crippen LogP contribution is 2.23. The number of carbonyl (C=O) groups is 1. The molecular weight excluding hydrogens is 262 g/mol. The molecule has 1 heterocycles. The minimum absolute atomic E-state index is 0.0507. The van der Waals surface area contributed by atoms with Crippen LogP contribution in [0.4, 0.5) is 0 Å². The van der Waals surface area contributed by atoms with E-state index in [1.165, 1.54) is 5.56 Å². The van der Waals surface area contributed by atoms with E-state index in [2.05, 4.69) is 12.2 Å². The Morgan fingerprint density at radius 3 is 2.47 bits per heavy atom. The van der Waals surface area contributed by atoms with Crippen LogP contribution in [0.25, 0.3) is 0 Å². The summed E-state index contributed by atoms with van der Waals surface area (Å²) < 4.78 is 5.33. The minimum Gasteiger partial charge on any atom is -0.381 e. The Bertz CT molecular complexity index is 424. The van der Waals surface area contributed by atoms with E-state index >= 15 is 0 Å². The lowest BCUT2D eigenvalue weighted by atomic mass is 9.91. The van der Waals surface area contributed by atoms with Gasteiger partial charge in [-0.25, -0.2) is 0 Å². The first kappa shape index (κ1) is 14.4. The van der Waals surface area contributed by atoms with Gasteiger partial charge in [-0.2, -0.15) is 0 Å². The van der Waals surface area contributed by atoms with Crippen LogP contribution >= 0.6 is 11.6 Å². The molecule has 19 heavy (non-hydrogen) atoms. The van der Waals surface area contributed by atoms with Crippen molar-refractivity contribution in [2.24, 2.45) is 0 Å². The first-order valence-electron chi connectivity index (χ1n) is 6.74. The normalized spacial score (nSPS) is 18.0.